The lowest BCUT2D eigenvalue weighted by Crippen LogP contribution is -2.37. The van der Waals surface area contributed by atoms with Crippen LogP contribution >= 0.6 is 0 Å². The number of hydrogen-bond donors (Lipinski definition) is 1. The molecule has 5 nitrogen and oxygen atoms in total. The van der Waals surface area contributed by atoms with Crippen molar-refractivity contribution in [3.05, 3.63) is 59.4 Å². The van der Waals surface area contributed by atoms with Crippen molar-refractivity contribution >= 4 is 5.91 Å². The molecule has 0 spiro atoms. The van der Waals surface area contributed by atoms with E-state index in [0.717, 1.165) is 38.3 Å². The highest BCUT2D eigenvalue weighted by Gasteiger charge is 2.29. The number of rotatable bonds is 5. The summed E-state index contributed by atoms with van der Waals surface area (Å²) in [4.78, 5) is 17.3. The molecule has 0 saturated carbocycles. The first-order valence-corrected chi connectivity index (χ1v) is 10.5. The fourth-order valence-corrected chi connectivity index (χ4v) is 4.74. The maximum atomic E-state index is 12.9. The van der Waals surface area contributed by atoms with Crippen molar-refractivity contribution in [2.45, 2.75) is 37.7 Å². The molecular weight excluding hydrogens is 350 g/mol. The molecule has 1 amide bonds. The number of aliphatic hydroxyl groups excluding tert-OH is 1. The predicted octanol–water partition coefficient (Wildman–Crippen LogP) is 3.17. The summed E-state index contributed by atoms with van der Waals surface area (Å²) in [6.07, 6.45) is 5.34. The summed E-state index contributed by atoms with van der Waals surface area (Å²) in [5, 5.41) is 10.4. The molecule has 150 valence electrons. The first-order valence-electron chi connectivity index (χ1n) is 10.5. The van der Waals surface area contributed by atoms with Crippen molar-refractivity contribution in [2.75, 3.05) is 32.7 Å². The van der Waals surface area contributed by atoms with Crippen molar-refractivity contribution in [3.63, 3.8) is 0 Å². The molecule has 1 atom stereocenters. The summed E-state index contributed by atoms with van der Waals surface area (Å²) in [6.45, 7) is 4.70. The summed E-state index contributed by atoms with van der Waals surface area (Å²) in [5.74, 6) is 0.748. The zero-order valence-corrected chi connectivity index (χ0v) is 16.8. The predicted molar refractivity (Wildman–Crippen MR) is 110 cm³/mol. The van der Waals surface area contributed by atoms with E-state index in [9.17, 15) is 9.90 Å². The number of aliphatic hydroxyl groups is 1. The van der Waals surface area contributed by atoms with Crippen LogP contribution in [0.3, 0.4) is 0 Å². The Morgan fingerprint density at radius 1 is 1.00 bits per heavy atom. The third kappa shape index (κ3) is 4.01. The fourth-order valence-electron chi connectivity index (χ4n) is 4.74. The lowest BCUT2D eigenvalue weighted by Gasteiger charge is -2.32. The Balaban J connectivity index is 1.26. The van der Waals surface area contributed by atoms with Gasteiger partial charge in [-0.2, -0.15) is 0 Å². The van der Waals surface area contributed by atoms with E-state index < -0.39 is 6.10 Å². The van der Waals surface area contributed by atoms with Crippen LogP contribution in [0.5, 0.6) is 0 Å². The van der Waals surface area contributed by atoms with Gasteiger partial charge in [-0.3, -0.25) is 4.79 Å². The zero-order valence-electron chi connectivity index (χ0n) is 16.8. The first-order chi connectivity index (χ1) is 13.6. The Kier molecular flexibility index (Phi) is 5.83. The number of aryl methyl sites for hydroxylation is 1. The number of carbonyl (C=O) groups is 1. The molecule has 3 heterocycles. The largest absolute Gasteiger partial charge is 0.387 e. The van der Waals surface area contributed by atoms with Gasteiger partial charge in [0, 0.05) is 26.3 Å². The number of nitrogens with zero attached hydrogens (tertiary/aromatic N) is 3. The molecule has 1 unspecified atom stereocenters. The van der Waals surface area contributed by atoms with E-state index in [4.69, 9.17) is 0 Å². The van der Waals surface area contributed by atoms with Gasteiger partial charge in [0.05, 0.1) is 17.4 Å². The van der Waals surface area contributed by atoms with Crippen LogP contribution in [0.25, 0.3) is 0 Å². The van der Waals surface area contributed by atoms with Crippen molar-refractivity contribution in [1.82, 2.24) is 14.4 Å². The van der Waals surface area contributed by atoms with E-state index in [1.807, 2.05) is 28.8 Å². The van der Waals surface area contributed by atoms with E-state index in [2.05, 4.69) is 35.2 Å². The van der Waals surface area contributed by atoms with Gasteiger partial charge in [-0.1, -0.05) is 30.3 Å². The minimum atomic E-state index is -0.555. The fraction of sp³-hybridized carbons (Fsp3) is 0.522. The molecular formula is C23H31N3O2. The van der Waals surface area contributed by atoms with E-state index in [1.54, 1.807) is 0 Å². The Morgan fingerprint density at radius 2 is 1.75 bits per heavy atom. The Morgan fingerprint density at radius 3 is 2.50 bits per heavy atom. The second kappa shape index (κ2) is 8.50. The highest BCUT2D eigenvalue weighted by atomic mass is 16.3. The molecule has 1 aromatic heterocycles. The minimum Gasteiger partial charge on any atom is -0.387 e. The van der Waals surface area contributed by atoms with Crippen LogP contribution in [0.1, 0.15) is 59.3 Å². The van der Waals surface area contributed by atoms with Crippen LogP contribution in [0, 0.1) is 0 Å². The standard InChI is InChI=1S/C23H31N3O2/c1-24-14-10-20-22(24)21(27)11-17-26(23(20)28)13-5-12-25-15-8-19(9-16-25)18-6-3-2-4-7-18/h2-4,6-7,10,14,19,21,27H,5,8-9,11-13,15-17H2,1H3. The smallest absolute Gasteiger partial charge is 0.255 e. The third-order valence-electron chi connectivity index (χ3n) is 6.39. The molecule has 4 rings (SSSR count). The number of aromatic nitrogens is 1. The molecule has 28 heavy (non-hydrogen) atoms. The lowest BCUT2D eigenvalue weighted by atomic mass is 9.89. The van der Waals surface area contributed by atoms with Gasteiger partial charge in [0.1, 0.15) is 0 Å². The van der Waals surface area contributed by atoms with Crippen molar-refractivity contribution in [2.24, 2.45) is 7.05 Å². The Labute approximate surface area is 167 Å². The average Bonchev–Trinajstić information content (AvgIpc) is 3.07. The lowest BCUT2D eigenvalue weighted by molar-refractivity contribution is 0.0736. The number of fused-ring (bicyclic) bond motifs is 1. The van der Waals surface area contributed by atoms with Crippen LogP contribution in [-0.4, -0.2) is 58.1 Å². The van der Waals surface area contributed by atoms with Gasteiger partial charge in [-0.25, -0.2) is 0 Å². The van der Waals surface area contributed by atoms with Crippen LogP contribution < -0.4 is 0 Å². The highest BCUT2D eigenvalue weighted by Crippen LogP contribution is 2.29. The summed E-state index contributed by atoms with van der Waals surface area (Å²) < 4.78 is 1.87. The first kappa shape index (κ1) is 19.2. The average molecular weight is 382 g/mol. The van der Waals surface area contributed by atoms with Crippen LogP contribution in [-0.2, 0) is 7.05 Å². The highest BCUT2D eigenvalue weighted by molar-refractivity contribution is 5.96. The van der Waals surface area contributed by atoms with Gasteiger partial charge < -0.3 is 19.5 Å². The Hall–Kier alpha value is -2.11. The third-order valence-corrected chi connectivity index (χ3v) is 6.39. The number of hydrogen-bond acceptors (Lipinski definition) is 3. The van der Waals surface area contributed by atoms with Crippen molar-refractivity contribution < 1.29 is 9.90 Å². The SMILES string of the molecule is Cn1ccc2c1C(O)CCN(CCCN1CCC(c3ccccc3)CC1)C2=O. The van der Waals surface area contributed by atoms with Gasteiger partial charge >= 0.3 is 0 Å². The number of amides is 1. The molecule has 0 aliphatic carbocycles. The quantitative estimate of drug-likeness (QED) is 0.865. The molecule has 2 aliphatic rings. The second-order valence-corrected chi connectivity index (χ2v) is 8.20. The maximum Gasteiger partial charge on any atom is 0.255 e. The normalized spacial score (nSPS) is 21.6. The molecule has 2 aliphatic heterocycles. The Bertz CT molecular complexity index is 793. The van der Waals surface area contributed by atoms with Gasteiger partial charge in [-0.15, -0.1) is 0 Å². The summed E-state index contributed by atoms with van der Waals surface area (Å²) in [5.41, 5.74) is 2.89. The van der Waals surface area contributed by atoms with Gasteiger partial charge in [0.2, 0.25) is 0 Å². The topological polar surface area (TPSA) is 48.7 Å². The molecule has 5 heteroatoms. The second-order valence-electron chi connectivity index (χ2n) is 8.20. The van der Waals surface area contributed by atoms with Crippen molar-refractivity contribution in [3.8, 4) is 0 Å². The summed E-state index contributed by atoms with van der Waals surface area (Å²) >= 11 is 0. The molecule has 1 fully saturated rings. The minimum absolute atomic E-state index is 0.0648. The molecule has 1 N–H and O–H groups in total. The van der Waals surface area contributed by atoms with E-state index >= 15 is 0 Å². The van der Waals surface area contributed by atoms with Gasteiger partial charge in [0.25, 0.3) is 5.91 Å². The zero-order chi connectivity index (χ0) is 19.5. The van der Waals surface area contributed by atoms with E-state index in [0.29, 0.717) is 24.4 Å². The molecule has 0 radical (unpaired) electrons. The molecule has 2 aromatic rings. The monoisotopic (exact) mass is 381 g/mol. The van der Waals surface area contributed by atoms with Crippen LogP contribution in [0.4, 0.5) is 0 Å². The van der Waals surface area contributed by atoms with Crippen LogP contribution in [0.2, 0.25) is 0 Å². The molecule has 0 bridgehead atoms. The van der Waals surface area contributed by atoms with Gasteiger partial charge in [0.15, 0.2) is 0 Å². The maximum absolute atomic E-state index is 12.9. The van der Waals surface area contributed by atoms with Gasteiger partial charge in [-0.05, 0) is 62.9 Å². The number of carbonyl (C=O) groups excluding carboxylic acids is 1. The number of piperidine rings is 1. The van der Waals surface area contributed by atoms with Crippen molar-refractivity contribution in [1.29, 1.82) is 0 Å². The summed E-state index contributed by atoms with van der Waals surface area (Å²) in [6, 6.07) is 12.7. The summed E-state index contributed by atoms with van der Waals surface area (Å²) in [7, 11) is 1.89. The number of benzene rings is 1. The molecule has 1 saturated heterocycles. The number of likely N-dealkylation sites (tertiary alicyclic amines) is 1. The molecule has 1 aromatic carbocycles. The van der Waals surface area contributed by atoms with Crippen LogP contribution in [0.15, 0.2) is 42.6 Å². The van der Waals surface area contributed by atoms with E-state index in [1.165, 1.54) is 18.4 Å². The van der Waals surface area contributed by atoms with E-state index in [-0.39, 0.29) is 5.91 Å².